The van der Waals surface area contributed by atoms with E-state index in [0.717, 1.165) is 28.1 Å². The van der Waals surface area contributed by atoms with E-state index in [1.54, 1.807) is 4.57 Å². The van der Waals surface area contributed by atoms with Crippen LogP contribution in [0.1, 0.15) is 11.1 Å². The van der Waals surface area contributed by atoms with Gasteiger partial charge in [-0.2, -0.15) is 0 Å². The van der Waals surface area contributed by atoms with Crippen LogP contribution in [-0.4, -0.2) is 26.2 Å². The van der Waals surface area contributed by atoms with E-state index in [2.05, 4.69) is 10.3 Å². The van der Waals surface area contributed by atoms with Gasteiger partial charge in [-0.05, 0) is 35.7 Å². The number of anilines is 1. The third-order valence-electron chi connectivity index (χ3n) is 5.72. The lowest BCUT2D eigenvalue weighted by Crippen LogP contribution is -2.25. The maximum atomic E-state index is 13.6. The fourth-order valence-electron chi connectivity index (χ4n) is 3.90. The normalized spacial score (nSPS) is 11.0. The summed E-state index contributed by atoms with van der Waals surface area (Å²) in [4.78, 5) is 34.3. The third-order valence-corrected chi connectivity index (χ3v) is 6.70. The Morgan fingerprint density at radius 2 is 1.66 bits per heavy atom. The van der Waals surface area contributed by atoms with E-state index in [9.17, 15) is 9.59 Å². The molecule has 5 rings (SSSR count). The highest BCUT2D eigenvalue weighted by Gasteiger charge is 2.17. The van der Waals surface area contributed by atoms with Gasteiger partial charge in [0, 0.05) is 11.4 Å². The fourth-order valence-corrected chi connectivity index (χ4v) is 4.70. The minimum absolute atomic E-state index is 0.136. The number of amides is 1. The number of thioether (sulfide) groups is 1. The number of nitrogens with zero attached hydrogens (tertiary/aromatic N) is 2. The standard InChI is InChI=1S/C28H24N4O2S/c1-19-10-8-9-15-22(19)29-25(33)18-35-28-31-24-16-23(21-13-6-3-7-14-21)30-26(24)27(34)32(28)17-20-11-4-2-5-12-20/h2-16,30H,17-18H2,1H3,(H,29,33). The topological polar surface area (TPSA) is 79.8 Å². The Balaban J connectivity index is 1.49. The maximum Gasteiger partial charge on any atom is 0.278 e. The van der Waals surface area contributed by atoms with Crippen LogP contribution in [0.5, 0.6) is 0 Å². The van der Waals surface area contributed by atoms with Crippen molar-refractivity contribution < 1.29 is 4.79 Å². The van der Waals surface area contributed by atoms with Crippen LogP contribution in [0.25, 0.3) is 22.3 Å². The summed E-state index contributed by atoms with van der Waals surface area (Å²) in [6, 6.07) is 29.1. The molecule has 2 N–H and O–H groups in total. The highest BCUT2D eigenvalue weighted by molar-refractivity contribution is 7.99. The minimum atomic E-state index is -0.164. The van der Waals surface area contributed by atoms with Gasteiger partial charge in [-0.3, -0.25) is 14.2 Å². The highest BCUT2D eigenvalue weighted by atomic mass is 32.2. The summed E-state index contributed by atoms with van der Waals surface area (Å²) in [6.45, 7) is 2.32. The number of para-hydroxylation sites is 1. The predicted octanol–water partition coefficient (Wildman–Crippen LogP) is 5.48. The molecule has 0 bridgehead atoms. The number of aryl methyl sites for hydroxylation is 1. The first-order chi connectivity index (χ1) is 17.1. The number of carbonyl (C=O) groups excluding carboxylic acids is 1. The van der Waals surface area contributed by atoms with E-state index in [0.29, 0.717) is 22.7 Å². The summed E-state index contributed by atoms with van der Waals surface area (Å²) in [7, 11) is 0. The van der Waals surface area contributed by atoms with Crippen LogP contribution in [0.4, 0.5) is 5.69 Å². The number of aromatic nitrogens is 3. The monoisotopic (exact) mass is 480 g/mol. The molecule has 2 aromatic heterocycles. The summed E-state index contributed by atoms with van der Waals surface area (Å²) < 4.78 is 1.63. The Kier molecular flexibility index (Phi) is 6.50. The van der Waals surface area contributed by atoms with Gasteiger partial charge in [-0.15, -0.1) is 0 Å². The molecule has 7 heteroatoms. The molecule has 174 valence electrons. The molecule has 1 amide bonds. The van der Waals surface area contributed by atoms with E-state index in [-0.39, 0.29) is 17.2 Å². The molecule has 0 atom stereocenters. The molecule has 0 aliphatic rings. The molecule has 0 radical (unpaired) electrons. The minimum Gasteiger partial charge on any atom is -0.349 e. The van der Waals surface area contributed by atoms with Gasteiger partial charge in [0.1, 0.15) is 5.52 Å². The number of hydrogen-bond acceptors (Lipinski definition) is 4. The van der Waals surface area contributed by atoms with Crippen LogP contribution >= 0.6 is 11.8 Å². The highest BCUT2D eigenvalue weighted by Crippen LogP contribution is 2.24. The van der Waals surface area contributed by atoms with Gasteiger partial charge in [-0.25, -0.2) is 4.98 Å². The SMILES string of the molecule is Cc1ccccc1NC(=O)CSc1nc2cc(-c3ccccc3)[nH]c2c(=O)n1Cc1ccccc1. The number of hydrogen-bond donors (Lipinski definition) is 2. The van der Waals surface area contributed by atoms with Crippen LogP contribution < -0.4 is 10.9 Å². The average molecular weight is 481 g/mol. The number of carbonyl (C=O) groups is 1. The van der Waals surface area contributed by atoms with Crippen LogP contribution in [0.3, 0.4) is 0 Å². The Labute approximate surface area is 207 Å². The molecule has 0 fully saturated rings. The average Bonchev–Trinajstić information content (AvgIpc) is 3.32. The molecule has 5 aromatic rings. The molecule has 35 heavy (non-hydrogen) atoms. The molecule has 0 spiro atoms. The van der Waals surface area contributed by atoms with E-state index < -0.39 is 0 Å². The Hall–Kier alpha value is -4.10. The van der Waals surface area contributed by atoms with Gasteiger partial charge in [0.2, 0.25) is 5.91 Å². The second kappa shape index (κ2) is 10.0. The number of H-pyrrole nitrogens is 1. The largest absolute Gasteiger partial charge is 0.349 e. The smallest absolute Gasteiger partial charge is 0.278 e. The van der Waals surface area contributed by atoms with Crippen LogP contribution in [-0.2, 0) is 11.3 Å². The van der Waals surface area contributed by atoms with Crippen molar-refractivity contribution in [3.63, 3.8) is 0 Å². The molecule has 3 aromatic carbocycles. The van der Waals surface area contributed by atoms with E-state index >= 15 is 0 Å². The quantitative estimate of drug-likeness (QED) is 0.239. The zero-order valence-electron chi connectivity index (χ0n) is 19.2. The van der Waals surface area contributed by atoms with Crippen molar-refractivity contribution in [1.29, 1.82) is 0 Å². The first kappa shape index (κ1) is 22.7. The number of nitrogens with one attached hydrogen (secondary N) is 2. The molecule has 6 nitrogen and oxygen atoms in total. The summed E-state index contributed by atoms with van der Waals surface area (Å²) in [5, 5.41) is 3.45. The van der Waals surface area contributed by atoms with Crippen molar-refractivity contribution in [3.8, 4) is 11.3 Å². The van der Waals surface area contributed by atoms with E-state index in [4.69, 9.17) is 4.98 Å². The van der Waals surface area contributed by atoms with E-state index in [1.165, 1.54) is 11.8 Å². The van der Waals surface area contributed by atoms with Crippen molar-refractivity contribution >= 4 is 34.4 Å². The van der Waals surface area contributed by atoms with Crippen molar-refractivity contribution in [3.05, 3.63) is 112 Å². The van der Waals surface area contributed by atoms with Gasteiger partial charge in [-0.1, -0.05) is 90.6 Å². The molecule has 0 unspecified atom stereocenters. The van der Waals surface area contributed by atoms with E-state index in [1.807, 2.05) is 97.9 Å². The van der Waals surface area contributed by atoms with Crippen LogP contribution in [0.2, 0.25) is 0 Å². The summed E-state index contributed by atoms with van der Waals surface area (Å²) in [6.07, 6.45) is 0. The first-order valence-electron chi connectivity index (χ1n) is 11.3. The van der Waals surface area contributed by atoms with Crippen molar-refractivity contribution in [2.24, 2.45) is 0 Å². The zero-order valence-corrected chi connectivity index (χ0v) is 20.0. The number of aromatic amines is 1. The third kappa shape index (κ3) is 5.05. The van der Waals surface area contributed by atoms with Gasteiger partial charge < -0.3 is 10.3 Å². The lowest BCUT2D eigenvalue weighted by Gasteiger charge is -2.12. The molecule has 0 saturated carbocycles. The molecule has 0 aliphatic carbocycles. The zero-order chi connectivity index (χ0) is 24.2. The number of benzene rings is 3. The van der Waals surface area contributed by atoms with Crippen molar-refractivity contribution in [1.82, 2.24) is 14.5 Å². The van der Waals surface area contributed by atoms with Crippen LogP contribution in [0, 0.1) is 6.92 Å². The second-order valence-corrected chi connectivity index (χ2v) is 9.17. The molecule has 0 aliphatic heterocycles. The summed E-state index contributed by atoms with van der Waals surface area (Å²) >= 11 is 1.26. The van der Waals surface area contributed by atoms with Gasteiger partial charge in [0.15, 0.2) is 5.16 Å². The van der Waals surface area contributed by atoms with Crippen molar-refractivity contribution in [2.45, 2.75) is 18.6 Å². The molecular weight excluding hydrogens is 456 g/mol. The Morgan fingerprint density at radius 1 is 0.971 bits per heavy atom. The predicted molar refractivity (Wildman–Crippen MR) is 142 cm³/mol. The summed E-state index contributed by atoms with van der Waals surface area (Å²) in [5.74, 6) is -0.0132. The maximum absolute atomic E-state index is 13.6. The number of rotatable bonds is 7. The van der Waals surface area contributed by atoms with Crippen molar-refractivity contribution in [2.75, 3.05) is 11.1 Å². The second-order valence-electron chi connectivity index (χ2n) is 8.23. The van der Waals surface area contributed by atoms with Gasteiger partial charge in [0.05, 0.1) is 17.8 Å². The van der Waals surface area contributed by atoms with Crippen LogP contribution in [0.15, 0.2) is 101 Å². The Morgan fingerprint density at radius 3 is 2.40 bits per heavy atom. The van der Waals surface area contributed by atoms with Gasteiger partial charge in [0.25, 0.3) is 5.56 Å². The summed E-state index contributed by atoms with van der Waals surface area (Å²) in [5.41, 5.74) is 5.43. The fraction of sp³-hybridized carbons (Fsp3) is 0.107. The molecule has 0 saturated heterocycles. The number of fused-ring (bicyclic) bond motifs is 1. The molecular formula is C28H24N4O2S. The first-order valence-corrected chi connectivity index (χ1v) is 12.3. The lowest BCUT2D eigenvalue weighted by molar-refractivity contribution is -0.113. The molecule has 2 heterocycles. The Bertz CT molecular complexity index is 1540. The lowest BCUT2D eigenvalue weighted by atomic mass is 10.2. The van der Waals surface area contributed by atoms with Gasteiger partial charge >= 0.3 is 0 Å².